The summed E-state index contributed by atoms with van der Waals surface area (Å²) >= 11 is 19.5. The van der Waals surface area contributed by atoms with Gasteiger partial charge in [-0.05, 0) is 37.6 Å². The van der Waals surface area contributed by atoms with E-state index in [-0.39, 0.29) is 0 Å². The first-order chi connectivity index (χ1) is 14.9. The van der Waals surface area contributed by atoms with E-state index in [1.165, 1.54) is 9.71 Å². The van der Waals surface area contributed by atoms with Crippen LogP contribution in [0.1, 0.15) is 35.9 Å². The first kappa shape index (κ1) is 22.8. The molecule has 4 nitrogen and oxygen atoms in total. The van der Waals surface area contributed by atoms with Crippen molar-refractivity contribution < 1.29 is 4.74 Å². The molecule has 0 amide bonds. The van der Waals surface area contributed by atoms with Gasteiger partial charge in [0, 0.05) is 59.3 Å². The van der Waals surface area contributed by atoms with E-state index in [2.05, 4.69) is 40.9 Å². The topological polar surface area (TPSA) is 29.4 Å². The van der Waals surface area contributed by atoms with Gasteiger partial charge in [-0.3, -0.25) is 4.90 Å². The smallest absolute Gasteiger partial charge is 0.109 e. The van der Waals surface area contributed by atoms with Crippen LogP contribution >= 0.6 is 47.4 Å². The van der Waals surface area contributed by atoms with Crippen LogP contribution < -0.4 is 5.32 Å². The molecule has 2 aromatic heterocycles. The SMILES string of the molecule is CC(C)n1cc(C(=S)NCc2ccc(Cl)cc2)c(=S)c2cc(CN3CCOCC3)sc21. The molecule has 1 fully saturated rings. The predicted octanol–water partition coefficient (Wildman–Crippen LogP) is 5.96. The molecule has 3 heterocycles. The number of fused-ring (bicyclic) bond motifs is 1. The fourth-order valence-electron chi connectivity index (χ4n) is 3.67. The van der Waals surface area contributed by atoms with Gasteiger partial charge in [0.15, 0.2) is 0 Å². The van der Waals surface area contributed by atoms with Gasteiger partial charge < -0.3 is 14.6 Å². The predicted molar refractivity (Wildman–Crippen MR) is 137 cm³/mol. The second-order valence-electron chi connectivity index (χ2n) is 8.00. The van der Waals surface area contributed by atoms with Gasteiger partial charge in [-0.25, -0.2) is 0 Å². The molecule has 1 aliphatic rings. The molecule has 1 aliphatic heterocycles. The standard InChI is InChI=1S/C23H26ClN3OS3/c1-15(2)27-14-20(22(30)25-12-16-3-5-17(24)6-4-16)21(29)19-11-18(31-23(19)27)13-26-7-9-28-10-8-26/h3-6,11,14-15H,7-10,12-13H2,1-2H3,(H,25,30). The van der Waals surface area contributed by atoms with Crippen molar-refractivity contribution in [2.45, 2.75) is 33.0 Å². The number of thiophene rings is 1. The highest BCUT2D eigenvalue weighted by molar-refractivity contribution is 7.80. The third-order valence-electron chi connectivity index (χ3n) is 5.41. The van der Waals surface area contributed by atoms with Gasteiger partial charge in [0.05, 0.1) is 17.7 Å². The maximum absolute atomic E-state index is 5.99. The zero-order chi connectivity index (χ0) is 22.0. The minimum Gasteiger partial charge on any atom is -0.379 e. The lowest BCUT2D eigenvalue weighted by molar-refractivity contribution is 0.0346. The molecule has 0 saturated carbocycles. The Morgan fingerprint density at radius 3 is 2.61 bits per heavy atom. The number of thiocarbonyl (C=S) groups is 1. The van der Waals surface area contributed by atoms with E-state index in [4.69, 9.17) is 40.8 Å². The Balaban J connectivity index is 1.62. The van der Waals surface area contributed by atoms with E-state index in [1.54, 1.807) is 0 Å². The minimum atomic E-state index is 0.311. The van der Waals surface area contributed by atoms with E-state index < -0.39 is 0 Å². The Morgan fingerprint density at radius 1 is 1.23 bits per heavy atom. The summed E-state index contributed by atoms with van der Waals surface area (Å²) in [4.78, 5) is 5.66. The maximum atomic E-state index is 5.99. The summed E-state index contributed by atoms with van der Waals surface area (Å²) in [5.41, 5.74) is 2.04. The van der Waals surface area contributed by atoms with Gasteiger partial charge in [0.2, 0.25) is 0 Å². The fourth-order valence-corrected chi connectivity index (χ4v) is 5.77. The average Bonchev–Trinajstić information content (AvgIpc) is 3.18. The van der Waals surface area contributed by atoms with Crippen LogP contribution in [-0.4, -0.2) is 40.8 Å². The highest BCUT2D eigenvalue weighted by Gasteiger charge is 2.17. The molecule has 0 spiro atoms. The molecule has 0 bridgehead atoms. The van der Waals surface area contributed by atoms with Crippen LogP contribution in [0, 0.1) is 4.51 Å². The summed E-state index contributed by atoms with van der Waals surface area (Å²) in [6, 6.07) is 10.3. The largest absolute Gasteiger partial charge is 0.379 e. The molecule has 0 radical (unpaired) electrons. The summed E-state index contributed by atoms with van der Waals surface area (Å²) in [6.07, 6.45) is 2.11. The van der Waals surface area contributed by atoms with Gasteiger partial charge in [0.1, 0.15) is 9.82 Å². The number of ether oxygens (including phenoxy) is 1. The first-order valence-corrected chi connectivity index (χ1v) is 12.4. The summed E-state index contributed by atoms with van der Waals surface area (Å²) in [5, 5.41) is 5.21. The van der Waals surface area contributed by atoms with Crippen molar-refractivity contribution in [2.24, 2.45) is 0 Å². The summed E-state index contributed by atoms with van der Waals surface area (Å²) in [7, 11) is 0. The monoisotopic (exact) mass is 491 g/mol. The average molecular weight is 492 g/mol. The molecule has 164 valence electrons. The second kappa shape index (κ2) is 10.1. The number of benzene rings is 1. The number of nitrogens with zero attached hydrogens (tertiary/aromatic N) is 2. The van der Waals surface area contributed by atoms with Crippen molar-refractivity contribution >= 4 is 62.6 Å². The summed E-state index contributed by atoms with van der Waals surface area (Å²) in [6.45, 7) is 9.52. The Hall–Kier alpha value is -1.35. The molecule has 0 aliphatic carbocycles. The Morgan fingerprint density at radius 2 is 1.94 bits per heavy atom. The molecule has 0 unspecified atom stereocenters. The number of pyridine rings is 1. The van der Waals surface area contributed by atoms with Crippen molar-refractivity contribution in [3.05, 3.63) is 62.1 Å². The van der Waals surface area contributed by atoms with Gasteiger partial charge in [-0.15, -0.1) is 11.3 Å². The van der Waals surface area contributed by atoms with E-state index in [1.807, 2.05) is 35.6 Å². The van der Waals surface area contributed by atoms with Crippen molar-refractivity contribution in [1.82, 2.24) is 14.8 Å². The lowest BCUT2D eigenvalue weighted by atomic mass is 10.2. The first-order valence-electron chi connectivity index (χ1n) is 10.4. The van der Waals surface area contributed by atoms with Crippen LogP contribution in [-0.2, 0) is 17.8 Å². The van der Waals surface area contributed by atoms with Crippen LogP contribution in [0.4, 0.5) is 0 Å². The molecule has 1 aromatic carbocycles. The van der Waals surface area contributed by atoms with Crippen molar-refractivity contribution in [3.63, 3.8) is 0 Å². The highest BCUT2D eigenvalue weighted by atomic mass is 35.5. The molecule has 1 N–H and O–H groups in total. The van der Waals surface area contributed by atoms with Gasteiger partial charge in [0.25, 0.3) is 0 Å². The number of morpholine rings is 1. The van der Waals surface area contributed by atoms with Gasteiger partial charge in [-0.1, -0.05) is 48.2 Å². The lowest BCUT2D eigenvalue weighted by Gasteiger charge is -2.25. The molecular weight excluding hydrogens is 466 g/mol. The Kier molecular flexibility index (Phi) is 7.41. The molecule has 4 rings (SSSR count). The van der Waals surface area contributed by atoms with Crippen LogP contribution in [0.25, 0.3) is 10.2 Å². The lowest BCUT2D eigenvalue weighted by Crippen LogP contribution is -2.35. The van der Waals surface area contributed by atoms with Gasteiger partial charge in [-0.2, -0.15) is 0 Å². The molecular formula is C23H26ClN3OS3. The quantitative estimate of drug-likeness (QED) is 0.429. The third-order valence-corrected chi connectivity index (χ3v) is 7.60. The van der Waals surface area contributed by atoms with E-state index in [0.717, 1.165) is 58.9 Å². The summed E-state index contributed by atoms with van der Waals surface area (Å²) in [5.74, 6) is 0. The number of aromatic nitrogens is 1. The zero-order valence-corrected chi connectivity index (χ0v) is 20.9. The van der Waals surface area contributed by atoms with E-state index in [0.29, 0.717) is 17.6 Å². The number of rotatable bonds is 6. The normalized spacial score (nSPS) is 15.0. The van der Waals surface area contributed by atoms with Crippen LogP contribution in [0.3, 0.4) is 0 Å². The van der Waals surface area contributed by atoms with Crippen molar-refractivity contribution in [3.8, 4) is 0 Å². The van der Waals surface area contributed by atoms with Gasteiger partial charge >= 0.3 is 0 Å². The van der Waals surface area contributed by atoms with Crippen LogP contribution in [0.15, 0.2) is 36.5 Å². The van der Waals surface area contributed by atoms with E-state index >= 15 is 0 Å². The van der Waals surface area contributed by atoms with Crippen molar-refractivity contribution in [2.75, 3.05) is 26.3 Å². The number of hydrogen-bond donors (Lipinski definition) is 1. The maximum Gasteiger partial charge on any atom is 0.109 e. The second-order valence-corrected chi connectivity index (χ2v) is 10.4. The highest BCUT2D eigenvalue weighted by Crippen LogP contribution is 2.31. The van der Waals surface area contributed by atoms with E-state index in [9.17, 15) is 0 Å². The molecule has 31 heavy (non-hydrogen) atoms. The number of halogens is 1. The summed E-state index contributed by atoms with van der Waals surface area (Å²) < 4.78 is 8.60. The zero-order valence-electron chi connectivity index (χ0n) is 17.7. The number of hydrogen-bond acceptors (Lipinski definition) is 5. The van der Waals surface area contributed by atoms with Crippen LogP contribution in [0.5, 0.6) is 0 Å². The molecule has 3 aromatic rings. The fraction of sp³-hybridized carbons (Fsp3) is 0.391. The third kappa shape index (κ3) is 5.35. The Labute approximate surface area is 202 Å². The minimum absolute atomic E-state index is 0.311. The molecule has 1 saturated heterocycles. The Bertz CT molecular complexity index is 1130. The van der Waals surface area contributed by atoms with Crippen LogP contribution in [0.2, 0.25) is 5.02 Å². The van der Waals surface area contributed by atoms with Crippen molar-refractivity contribution in [1.29, 1.82) is 0 Å². The molecule has 8 heteroatoms. The molecule has 0 atom stereocenters. The number of nitrogens with one attached hydrogen (secondary N) is 1.